The zero-order valence-electron chi connectivity index (χ0n) is 16.8. The van der Waals surface area contributed by atoms with Crippen molar-refractivity contribution in [3.63, 3.8) is 0 Å². The minimum absolute atomic E-state index is 0.111. The summed E-state index contributed by atoms with van der Waals surface area (Å²) in [5.41, 5.74) is 2.35. The summed E-state index contributed by atoms with van der Waals surface area (Å²) in [5.74, 6) is 0.908. The second-order valence-corrected chi connectivity index (χ2v) is 8.81. The highest BCUT2D eigenvalue weighted by Crippen LogP contribution is 2.31. The molecule has 3 heterocycles. The molecule has 0 saturated heterocycles. The van der Waals surface area contributed by atoms with Gasteiger partial charge in [0.25, 0.3) is 0 Å². The van der Waals surface area contributed by atoms with Crippen LogP contribution in [0.15, 0.2) is 70.4 Å². The maximum absolute atomic E-state index is 13.4. The van der Waals surface area contributed by atoms with Crippen molar-refractivity contribution in [2.75, 3.05) is 11.1 Å². The van der Waals surface area contributed by atoms with Crippen molar-refractivity contribution >= 4 is 44.4 Å². The Morgan fingerprint density at radius 2 is 2.03 bits per heavy atom. The van der Waals surface area contributed by atoms with Crippen LogP contribution in [-0.4, -0.2) is 31.4 Å². The van der Waals surface area contributed by atoms with Crippen molar-refractivity contribution in [3.8, 4) is 17.1 Å². The zero-order chi connectivity index (χ0) is 22.1. The van der Waals surface area contributed by atoms with E-state index in [1.165, 1.54) is 35.2 Å². The quantitative estimate of drug-likeness (QED) is 0.342. The predicted octanol–water partition coefficient (Wildman–Crippen LogP) is 5.32. The predicted molar refractivity (Wildman–Crippen MR) is 123 cm³/mol. The van der Waals surface area contributed by atoms with Crippen molar-refractivity contribution in [1.82, 2.24) is 19.7 Å². The summed E-state index contributed by atoms with van der Waals surface area (Å²) in [4.78, 5) is 16.9. The molecule has 0 atom stereocenters. The molecular formula is C22H16FN5O2S2. The van der Waals surface area contributed by atoms with E-state index in [1.807, 2.05) is 47.9 Å². The second-order valence-electron chi connectivity index (χ2n) is 6.84. The molecule has 0 radical (unpaired) electrons. The molecule has 0 unspecified atom stereocenters. The lowest BCUT2D eigenvalue weighted by Gasteiger charge is -2.09. The molecule has 160 valence electrons. The SMILES string of the molecule is Cc1occc1-c1nnc(SCC(=O)Nc2nc3ccc(F)cc3s2)n1-c1ccccc1. The van der Waals surface area contributed by atoms with Gasteiger partial charge in [-0.15, -0.1) is 10.2 Å². The standard InChI is InChI=1S/C22H16FN5O2S2/c1-13-16(9-10-30-13)20-26-27-22(28(20)15-5-3-2-4-6-15)31-12-19(29)25-21-24-17-8-7-14(23)11-18(17)32-21/h2-11H,12H2,1H3,(H,24,25,29). The van der Waals surface area contributed by atoms with Gasteiger partial charge in [-0.2, -0.15) is 0 Å². The number of thiazole rings is 1. The van der Waals surface area contributed by atoms with Gasteiger partial charge in [-0.05, 0) is 43.3 Å². The summed E-state index contributed by atoms with van der Waals surface area (Å²) >= 11 is 2.50. The number of para-hydroxylation sites is 1. The Labute approximate surface area is 190 Å². The first-order valence-corrected chi connectivity index (χ1v) is 11.4. The zero-order valence-corrected chi connectivity index (χ0v) is 18.4. The van der Waals surface area contributed by atoms with Crippen LogP contribution >= 0.6 is 23.1 Å². The van der Waals surface area contributed by atoms with E-state index in [4.69, 9.17) is 4.42 Å². The lowest BCUT2D eigenvalue weighted by atomic mass is 10.2. The van der Waals surface area contributed by atoms with E-state index in [9.17, 15) is 9.18 Å². The number of hydrogen-bond donors (Lipinski definition) is 1. The number of nitrogens with one attached hydrogen (secondary N) is 1. The molecule has 10 heteroatoms. The summed E-state index contributed by atoms with van der Waals surface area (Å²) in [5, 5.41) is 12.4. The summed E-state index contributed by atoms with van der Waals surface area (Å²) in [6, 6.07) is 15.9. The second kappa shape index (κ2) is 8.56. The monoisotopic (exact) mass is 465 g/mol. The molecule has 0 aliphatic carbocycles. The van der Waals surface area contributed by atoms with Gasteiger partial charge < -0.3 is 9.73 Å². The van der Waals surface area contributed by atoms with Crippen LogP contribution in [0.1, 0.15) is 5.76 Å². The molecular weight excluding hydrogens is 449 g/mol. The van der Waals surface area contributed by atoms with Gasteiger partial charge in [0.2, 0.25) is 5.91 Å². The van der Waals surface area contributed by atoms with E-state index in [2.05, 4.69) is 20.5 Å². The molecule has 0 fully saturated rings. The molecule has 0 saturated carbocycles. The van der Waals surface area contributed by atoms with Crippen LogP contribution in [-0.2, 0) is 4.79 Å². The van der Waals surface area contributed by atoms with Crippen LogP contribution < -0.4 is 5.32 Å². The van der Waals surface area contributed by atoms with Crippen LogP contribution in [0.5, 0.6) is 0 Å². The number of nitrogens with zero attached hydrogens (tertiary/aromatic N) is 4. The number of benzene rings is 2. The van der Waals surface area contributed by atoms with Crippen LogP contribution in [0.4, 0.5) is 9.52 Å². The fourth-order valence-corrected chi connectivity index (χ4v) is 4.86. The largest absolute Gasteiger partial charge is 0.469 e. The number of anilines is 1. The average Bonchev–Trinajstić information content (AvgIpc) is 3.50. The molecule has 0 spiro atoms. The molecule has 0 aliphatic heterocycles. The molecule has 5 aromatic rings. The third kappa shape index (κ3) is 4.02. The number of thioether (sulfide) groups is 1. The number of rotatable bonds is 6. The molecule has 1 amide bonds. The lowest BCUT2D eigenvalue weighted by molar-refractivity contribution is -0.113. The molecule has 7 nitrogen and oxygen atoms in total. The smallest absolute Gasteiger partial charge is 0.236 e. The summed E-state index contributed by atoms with van der Waals surface area (Å²) < 4.78 is 21.4. The maximum Gasteiger partial charge on any atom is 0.236 e. The topological polar surface area (TPSA) is 85.8 Å². The van der Waals surface area contributed by atoms with Crippen molar-refractivity contribution in [2.24, 2.45) is 0 Å². The fraction of sp³-hybridized carbons (Fsp3) is 0.0909. The number of furan rings is 1. The molecule has 1 N–H and O–H groups in total. The highest BCUT2D eigenvalue weighted by molar-refractivity contribution is 7.99. The van der Waals surface area contributed by atoms with Gasteiger partial charge in [-0.3, -0.25) is 9.36 Å². The number of amides is 1. The van der Waals surface area contributed by atoms with Crippen LogP contribution in [0.2, 0.25) is 0 Å². The van der Waals surface area contributed by atoms with Crippen molar-refractivity contribution < 1.29 is 13.6 Å². The Balaban J connectivity index is 1.37. The number of hydrogen-bond acceptors (Lipinski definition) is 7. The first kappa shape index (κ1) is 20.4. The number of halogens is 1. The van der Waals surface area contributed by atoms with Gasteiger partial charge in [0.1, 0.15) is 11.6 Å². The van der Waals surface area contributed by atoms with E-state index in [0.717, 1.165) is 17.0 Å². The summed E-state index contributed by atoms with van der Waals surface area (Å²) in [7, 11) is 0. The maximum atomic E-state index is 13.4. The van der Waals surface area contributed by atoms with Crippen LogP contribution in [0, 0.1) is 12.7 Å². The molecule has 5 rings (SSSR count). The Kier molecular flexibility index (Phi) is 5.46. The van der Waals surface area contributed by atoms with Gasteiger partial charge in [-0.1, -0.05) is 41.3 Å². The molecule has 3 aromatic heterocycles. The van der Waals surface area contributed by atoms with Crippen molar-refractivity contribution in [3.05, 3.63) is 72.4 Å². The van der Waals surface area contributed by atoms with Gasteiger partial charge in [0, 0.05) is 5.69 Å². The van der Waals surface area contributed by atoms with Gasteiger partial charge in [-0.25, -0.2) is 9.37 Å². The normalized spacial score (nSPS) is 11.2. The third-order valence-electron chi connectivity index (χ3n) is 4.68. The van der Waals surface area contributed by atoms with E-state index < -0.39 is 0 Å². The van der Waals surface area contributed by atoms with Gasteiger partial charge in [0.15, 0.2) is 16.1 Å². The van der Waals surface area contributed by atoms with E-state index >= 15 is 0 Å². The van der Waals surface area contributed by atoms with E-state index in [1.54, 1.807) is 12.3 Å². The highest BCUT2D eigenvalue weighted by atomic mass is 32.2. The van der Waals surface area contributed by atoms with Gasteiger partial charge >= 0.3 is 0 Å². The number of aromatic nitrogens is 4. The summed E-state index contributed by atoms with van der Waals surface area (Å²) in [6.07, 6.45) is 1.61. The Hall–Kier alpha value is -3.50. The first-order valence-electron chi connectivity index (χ1n) is 9.62. The minimum atomic E-state index is -0.335. The molecule has 32 heavy (non-hydrogen) atoms. The van der Waals surface area contributed by atoms with Gasteiger partial charge in [0.05, 0.1) is 27.8 Å². The lowest BCUT2D eigenvalue weighted by Crippen LogP contribution is -2.14. The third-order valence-corrected chi connectivity index (χ3v) is 6.54. The van der Waals surface area contributed by atoms with E-state index in [-0.39, 0.29) is 17.5 Å². The molecule has 2 aromatic carbocycles. The number of carbonyl (C=O) groups is 1. The Morgan fingerprint density at radius 1 is 1.19 bits per heavy atom. The van der Waals surface area contributed by atoms with Crippen LogP contribution in [0.3, 0.4) is 0 Å². The van der Waals surface area contributed by atoms with Crippen molar-refractivity contribution in [1.29, 1.82) is 0 Å². The first-order chi connectivity index (χ1) is 15.6. The Morgan fingerprint density at radius 3 is 2.81 bits per heavy atom. The average molecular weight is 466 g/mol. The van der Waals surface area contributed by atoms with E-state index in [0.29, 0.717) is 26.3 Å². The van der Waals surface area contributed by atoms with Crippen molar-refractivity contribution in [2.45, 2.75) is 12.1 Å². The number of aryl methyl sites for hydroxylation is 1. The highest BCUT2D eigenvalue weighted by Gasteiger charge is 2.20. The fourth-order valence-electron chi connectivity index (χ4n) is 3.20. The summed E-state index contributed by atoms with van der Waals surface area (Å²) in [6.45, 7) is 1.86. The number of carbonyl (C=O) groups excluding carboxylic acids is 1. The Bertz CT molecular complexity index is 1410. The minimum Gasteiger partial charge on any atom is -0.469 e. The van der Waals surface area contributed by atoms with Crippen LogP contribution in [0.25, 0.3) is 27.3 Å². The molecule has 0 bridgehead atoms. The molecule has 0 aliphatic rings. The number of fused-ring (bicyclic) bond motifs is 1.